The summed E-state index contributed by atoms with van der Waals surface area (Å²) in [5, 5.41) is 9.23. The molecule has 1 fully saturated rings. The van der Waals surface area contributed by atoms with Crippen LogP contribution in [0.1, 0.15) is 49.7 Å². The number of carbonyl (C=O) groups is 3. The van der Waals surface area contributed by atoms with Crippen LogP contribution in [0.15, 0.2) is 36.4 Å². The van der Waals surface area contributed by atoms with Gasteiger partial charge in [0.25, 0.3) is 0 Å². The zero-order valence-electron chi connectivity index (χ0n) is 18.3. The first-order valence-electron chi connectivity index (χ1n) is 11.5. The van der Waals surface area contributed by atoms with Gasteiger partial charge >= 0.3 is 0 Å². The maximum atomic E-state index is 12.5. The molecule has 3 aliphatic rings. The van der Waals surface area contributed by atoms with E-state index < -0.39 is 5.41 Å². The minimum atomic E-state index is -0.519. The summed E-state index contributed by atoms with van der Waals surface area (Å²) in [5.74, 6) is 0.675. The van der Waals surface area contributed by atoms with Crippen molar-refractivity contribution in [2.45, 2.75) is 50.0 Å². The molecule has 2 heterocycles. The van der Waals surface area contributed by atoms with Gasteiger partial charge in [0.05, 0.1) is 5.41 Å². The standard InChI is InChI=1S/C25H31N3O4/c29-19-8-10-25-11-9-24(31)28-15-3-13-26-12-1-2-14-27-23(30)7-5-18-4-6-21(20(25)16-18)32-22(25)17-19/h4-7,9,11,16,22,26H,1-3,8,10,12-15,17H2,(H,27,30)(H,28,31). The van der Waals surface area contributed by atoms with Crippen LogP contribution in [0.25, 0.3) is 6.08 Å². The smallest absolute Gasteiger partial charge is 0.243 e. The van der Waals surface area contributed by atoms with Crippen molar-refractivity contribution in [2.75, 3.05) is 26.2 Å². The zero-order chi connectivity index (χ0) is 22.4. The summed E-state index contributed by atoms with van der Waals surface area (Å²) in [6.07, 6.45) is 10.7. The van der Waals surface area contributed by atoms with Crippen molar-refractivity contribution in [3.8, 4) is 5.75 Å². The molecule has 1 spiro atoms. The number of rotatable bonds is 0. The van der Waals surface area contributed by atoms with Crippen molar-refractivity contribution < 1.29 is 19.1 Å². The molecular formula is C25H31N3O4. The molecule has 170 valence electrons. The maximum absolute atomic E-state index is 12.5. The highest BCUT2D eigenvalue weighted by Crippen LogP contribution is 2.51. The molecule has 0 aromatic heterocycles. The number of hydrogen-bond acceptors (Lipinski definition) is 5. The molecule has 0 saturated heterocycles. The fourth-order valence-corrected chi connectivity index (χ4v) is 4.66. The summed E-state index contributed by atoms with van der Waals surface area (Å²) in [6.45, 7) is 2.96. The highest BCUT2D eigenvalue weighted by atomic mass is 16.5. The Morgan fingerprint density at radius 1 is 0.875 bits per heavy atom. The minimum absolute atomic E-state index is 0.114. The Labute approximate surface area is 188 Å². The van der Waals surface area contributed by atoms with Crippen molar-refractivity contribution in [2.24, 2.45) is 0 Å². The minimum Gasteiger partial charge on any atom is -0.488 e. The van der Waals surface area contributed by atoms with Crippen LogP contribution in [0, 0.1) is 0 Å². The molecule has 32 heavy (non-hydrogen) atoms. The Morgan fingerprint density at radius 2 is 1.62 bits per heavy atom. The SMILES string of the molecule is O=C1CCC23C=CC(=O)NCCCNCCCCNC(=O)C=Cc4ccc(c2c4)OC3C1. The fraction of sp³-hybridized carbons (Fsp3) is 0.480. The largest absolute Gasteiger partial charge is 0.488 e. The molecule has 2 aliphatic heterocycles. The van der Waals surface area contributed by atoms with Crippen LogP contribution in [-0.4, -0.2) is 49.9 Å². The molecule has 1 aliphatic carbocycles. The first-order valence-corrected chi connectivity index (χ1v) is 11.5. The van der Waals surface area contributed by atoms with Gasteiger partial charge in [0.1, 0.15) is 17.6 Å². The average molecular weight is 438 g/mol. The highest BCUT2D eigenvalue weighted by Gasteiger charge is 2.50. The van der Waals surface area contributed by atoms with Gasteiger partial charge in [-0.05, 0) is 68.6 Å². The number of fused-ring (bicyclic) bond motifs is 1. The highest BCUT2D eigenvalue weighted by molar-refractivity contribution is 5.92. The van der Waals surface area contributed by atoms with E-state index in [1.807, 2.05) is 24.3 Å². The fourth-order valence-electron chi connectivity index (χ4n) is 4.66. The number of benzene rings is 1. The van der Waals surface area contributed by atoms with Crippen LogP contribution in [-0.2, 0) is 19.8 Å². The van der Waals surface area contributed by atoms with Gasteiger partial charge in [-0.1, -0.05) is 12.1 Å². The zero-order valence-corrected chi connectivity index (χ0v) is 18.3. The third-order valence-corrected chi connectivity index (χ3v) is 6.45. The summed E-state index contributed by atoms with van der Waals surface area (Å²) in [6, 6.07) is 5.81. The van der Waals surface area contributed by atoms with Gasteiger partial charge in [-0.3, -0.25) is 14.4 Å². The number of ketones is 1. The van der Waals surface area contributed by atoms with Gasteiger partial charge in [-0.2, -0.15) is 0 Å². The molecule has 0 radical (unpaired) electrons. The molecule has 2 unspecified atom stereocenters. The molecule has 1 aromatic rings. The first kappa shape index (κ1) is 22.3. The lowest BCUT2D eigenvalue weighted by atomic mass is 9.68. The lowest BCUT2D eigenvalue weighted by molar-refractivity contribution is -0.123. The van der Waals surface area contributed by atoms with E-state index in [2.05, 4.69) is 16.0 Å². The molecule has 1 aromatic carbocycles. The molecular weight excluding hydrogens is 406 g/mol. The number of carbonyl (C=O) groups excluding carboxylic acids is 3. The maximum Gasteiger partial charge on any atom is 0.243 e. The first-order chi connectivity index (χ1) is 15.6. The second-order valence-corrected chi connectivity index (χ2v) is 8.70. The topological polar surface area (TPSA) is 96.5 Å². The lowest BCUT2D eigenvalue weighted by Gasteiger charge is -2.35. The monoisotopic (exact) mass is 437 g/mol. The lowest BCUT2D eigenvalue weighted by Crippen LogP contribution is -2.42. The van der Waals surface area contributed by atoms with Crippen LogP contribution in [0.4, 0.5) is 0 Å². The van der Waals surface area contributed by atoms with E-state index in [9.17, 15) is 14.4 Å². The molecule has 4 rings (SSSR count). The van der Waals surface area contributed by atoms with E-state index in [0.29, 0.717) is 32.4 Å². The third kappa shape index (κ3) is 5.10. The number of hydrogen-bond donors (Lipinski definition) is 3. The van der Waals surface area contributed by atoms with E-state index in [0.717, 1.165) is 49.2 Å². The van der Waals surface area contributed by atoms with Crippen LogP contribution in [0.5, 0.6) is 5.75 Å². The van der Waals surface area contributed by atoms with Gasteiger partial charge in [0.2, 0.25) is 11.8 Å². The summed E-state index contributed by atoms with van der Waals surface area (Å²) in [7, 11) is 0. The molecule has 3 N–H and O–H groups in total. The average Bonchev–Trinajstić information content (AvgIpc) is 3.10. The van der Waals surface area contributed by atoms with Crippen molar-refractivity contribution in [3.63, 3.8) is 0 Å². The second kappa shape index (κ2) is 10.1. The molecule has 2 atom stereocenters. The summed E-state index contributed by atoms with van der Waals surface area (Å²) >= 11 is 0. The normalized spacial score (nSPS) is 27.1. The van der Waals surface area contributed by atoms with Gasteiger partial charge in [-0.25, -0.2) is 0 Å². The van der Waals surface area contributed by atoms with Crippen LogP contribution >= 0.6 is 0 Å². The second-order valence-electron chi connectivity index (χ2n) is 8.70. The van der Waals surface area contributed by atoms with Crippen molar-refractivity contribution in [1.29, 1.82) is 0 Å². The van der Waals surface area contributed by atoms with E-state index in [1.54, 1.807) is 18.2 Å². The Morgan fingerprint density at radius 3 is 2.50 bits per heavy atom. The van der Waals surface area contributed by atoms with Gasteiger partial charge in [0.15, 0.2) is 0 Å². The van der Waals surface area contributed by atoms with Crippen molar-refractivity contribution in [3.05, 3.63) is 47.6 Å². The van der Waals surface area contributed by atoms with Crippen molar-refractivity contribution >= 4 is 23.7 Å². The summed E-state index contributed by atoms with van der Waals surface area (Å²) < 4.78 is 6.16. The van der Waals surface area contributed by atoms with Crippen LogP contribution in [0.3, 0.4) is 0 Å². The Kier molecular flexibility index (Phi) is 7.05. The molecule has 1 saturated carbocycles. The van der Waals surface area contributed by atoms with E-state index in [4.69, 9.17) is 4.74 Å². The van der Waals surface area contributed by atoms with E-state index in [-0.39, 0.29) is 23.7 Å². The number of amides is 2. The quantitative estimate of drug-likeness (QED) is 0.577. The van der Waals surface area contributed by atoms with E-state index >= 15 is 0 Å². The summed E-state index contributed by atoms with van der Waals surface area (Å²) in [5.41, 5.74) is 1.34. The van der Waals surface area contributed by atoms with Gasteiger partial charge in [-0.15, -0.1) is 0 Å². The predicted octanol–water partition coefficient (Wildman–Crippen LogP) is 2.01. The number of ether oxygens (including phenoxy) is 1. The predicted molar refractivity (Wildman–Crippen MR) is 122 cm³/mol. The van der Waals surface area contributed by atoms with Crippen molar-refractivity contribution in [1.82, 2.24) is 16.0 Å². The van der Waals surface area contributed by atoms with Crippen LogP contribution in [0.2, 0.25) is 0 Å². The van der Waals surface area contributed by atoms with Gasteiger partial charge in [0, 0.05) is 37.6 Å². The summed E-state index contributed by atoms with van der Waals surface area (Å²) in [4.78, 5) is 36.7. The molecule has 7 nitrogen and oxygen atoms in total. The van der Waals surface area contributed by atoms with Crippen LogP contribution < -0.4 is 20.7 Å². The Balaban J connectivity index is 1.62. The Hall–Kier alpha value is -2.93. The third-order valence-electron chi connectivity index (χ3n) is 6.45. The number of nitrogens with one attached hydrogen (secondary N) is 3. The van der Waals surface area contributed by atoms with E-state index in [1.165, 1.54) is 0 Å². The number of Topliss-reactive ketones (excluding diaryl/α,β-unsaturated/α-hetero) is 1. The Bertz CT molecular complexity index is 939. The molecule has 7 heteroatoms. The molecule has 2 bridgehead atoms. The molecule has 2 amide bonds. The van der Waals surface area contributed by atoms with Gasteiger partial charge < -0.3 is 20.7 Å².